The summed E-state index contributed by atoms with van der Waals surface area (Å²) in [6.07, 6.45) is 3.55. The molecule has 1 aromatic heterocycles. The number of hydrogen-bond acceptors (Lipinski definition) is 2. The van der Waals surface area contributed by atoms with Gasteiger partial charge >= 0.3 is 0 Å². The Morgan fingerprint density at radius 3 is 3.00 bits per heavy atom. The van der Waals surface area contributed by atoms with Crippen molar-refractivity contribution in [2.45, 2.75) is 0 Å². The summed E-state index contributed by atoms with van der Waals surface area (Å²) >= 11 is 3.30. The largest absolute Gasteiger partial charge is 0.367 e. The summed E-state index contributed by atoms with van der Waals surface area (Å²) in [5.74, 6) is 0.869. The summed E-state index contributed by atoms with van der Waals surface area (Å²) in [4.78, 5) is 4.11. The van der Waals surface area contributed by atoms with Crippen LogP contribution < -0.4 is 5.32 Å². The Hall–Kier alpha value is -0.830. The Morgan fingerprint density at radius 2 is 2.45 bits per heavy atom. The average Bonchev–Trinajstić information content (AvgIpc) is 2.04. The molecule has 1 heterocycles. The molecule has 2 nitrogen and oxygen atoms in total. The summed E-state index contributed by atoms with van der Waals surface area (Å²) in [5.41, 5.74) is 0. The number of pyridine rings is 1. The summed E-state index contributed by atoms with van der Waals surface area (Å²) in [6.45, 7) is 4.34. The summed E-state index contributed by atoms with van der Waals surface area (Å²) in [5, 5.41) is 3.07. The third-order valence-corrected chi connectivity index (χ3v) is 1.62. The van der Waals surface area contributed by atoms with Gasteiger partial charge in [-0.1, -0.05) is 6.08 Å². The van der Waals surface area contributed by atoms with Crippen molar-refractivity contribution in [3.8, 4) is 0 Å². The predicted octanol–water partition coefficient (Wildman–Crippen LogP) is 2.44. The lowest BCUT2D eigenvalue weighted by molar-refractivity contribution is 1.22. The first-order chi connectivity index (χ1) is 5.33. The molecule has 0 saturated carbocycles. The lowest BCUT2D eigenvalue weighted by Gasteiger charge is -2.00. The van der Waals surface area contributed by atoms with Crippen LogP contribution >= 0.6 is 15.9 Å². The Balaban J connectivity index is 2.58. The second kappa shape index (κ2) is 4.13. The van der Waals surface area contributed by atoms with Crippen molar-refractivity contribution in [2.75, 3.05) is 11.9 Å². The zero-order valence-corrected chi connectivity index (χ0v) is 7.63. The molecule has 0 aliphatic rings. The molecule has 58 valence electrons. The highest BCUT2D eigenvalue weighted by atomic mass is 79.9. The molecule has 0 fully saturated rings. The minimum atomic E-state index is 0.745. The number of halogens is 1. The Morgan fingerprint density at radius 1 is 1.64 bits per heavy atom. The number of hydrogen-bond donors (Lipinski definition) is 1. The predicted molar refractivity (Wildman–Crippen MR) is 50.6 cm³/mol. The van der Waals surface area contributed by atoms with Crippen LogP contribution in [0.25, 0.3) is 0 Å². The first-order valence-electron chi connectivity index (χ1n) is 3.29. The van der Waals surface area contributed by atoms with Crippen molar-refractivity contribution in [1.82, 2.24) is 4.98 Å². The van der Waals surface area contributed by atoms with Gasteiger partial charge in [0.1, 0.15) is 5.82 Å². The van der Waals surface area contributed by atoms with E-state index >= 15 is 0 Å². The van der Waals surface area contributed by atoms with E-state index in [2.05, 4.69) is 32.8 Å². The lowest BCUT2D eigenvalue weighted by Crippen LogP contribution is -1.98. The van der Waals surface area contributed by atoms with Crippen LogP contribution in [0.1, 0.15) is 0 Å². The molecule has 0 spiro atoms. The standard InChI is InChI=1S/C8H9BrN2/c1-2-5-10-8-4-3-7(9)6-11-8/h2-4,6H,1,5H2,(H,10,11). The second-order valence-electron chi connectivity index (χ2n) is 2.03. The summed E-state index contributed by atoms with van der Waals surface area (Å²) < 4.78 is 0.988. The normalized spacial score (nSPS) is 9.18. The molecule has 0 saturated heterocycles. The molecule has 0 unspecified atom stereocenters. The SMILES string of the molecule is C=CCNc1ccc(Br)cn1. The van der Waals surface area contributed by atoms with E-state index in [0.29, 0.717) is 0 Å². The molecule has 0 radical (unpaired) electrons. The number of nitrogens with one attached hydrogen (secondary N) is 1. The number of aromatic nitrogens is 1. The highest BCUT2D eigenvalue weighted by molar-refractivity contribution is 9.10. The first kappa shape index (κ1) is 8.27. The molecule has 1 aromatic rings. The monoisotopic (exact) mass is 212 g/mol. The van der Waals surface area contributed by atoms with E-state index in [9.17, 15) is 0 Å². The molecule has 11 heavy (non-hydrogen) atoms. The van der Waals surface area contributed by atoms with Gasteiger partial charge in [-0.2, -0.15) is 0 Å². The van der Waals surface area contributed by atoms with Crippen LogP contribution in [0.4, 0.5) is 5.82 Å². The van der Waals surface area contributed by atoms with Gasteiger partial charge in [-0.3, -0.25) is 0 Å². The topological polar surface area (TPSA) is 24.9 Å². The zero-order chi connectivity index (χ0) is 8.10. The van der Waals surface area contributed by atoms with Gasteiger partial charge in [0.05, 0.1) is 0 Å². The van der Waals surface area contributed by atoms with Crippen LogP contribution in [0.2, 0.25) is 0 Å². The van der Waals surface area contributed by atoms with Crippen molar-refractivity contribution >= 4 is 21.7 Å². The fourth-order valence-electron chi connectivity index (χ4n) is 0.657. The van der Waals surface area contributed by atoms with Crippen molar-refractivity contribution in [3.63, 3.8) is 0 Å². The molecule has 1 N–H and O–H groups in total. The van der Waals surface area contributed by atoms with E-state index in [1.54, 1.807) is 12.3 Å². The van der Waals surface area contributed by atoms with Gasteiger partial charge in [-0.25, -0.2) is 4.98 Å². The smallest absolute Gasteiger partial charge is 0.126 e. The van der Waals surface area contributed by atoms with Crippen LogP contribution in [0.3, 0.4) is 0 Å². The van der Waals surface area contributed by atoms with Gasteiger partial charge in [0.15, 0.2) is 0 Å². The molecule has 0 aromatic carbocycles. The van der Waals surface area contributed by atoms with Crippen LogP contribution in [0, 0.1) is 0 Å². The molecule has 0 aliphatic carbocycles. The van der Waals surface area contributed by atoms with Crippen LogP contribution in [0.5, 0.6) is 0 Å². The lowest BCUT2D eigenvalue weighted by atomic mass is 10.4. The Labute approximate surface area is 74.5 Å². The van der Waals surface area contributed by atoms with E-state index in [1.165, 1.54) is 0 Å². The third kappa shape index (κ3) is 2.72. The Kier molecular flexibility index (Phi) is 3.11. The molecule has 0 atom stereocenters. The van der Waals surface area contributed by atoms with Crippen molar-refractivity contribution in [2.24, 2.45) is 0 Å². The van der Waals surface area contributed by atoms with E-state index in [-0.39, 0.29) is 0 Å². The zero-order valence-electron chi connectivity index (χ0n) is 6.05. The van der Waals surface area contributed by atoms with Crippen LogP contribution in [0.15, 0.2) is 35.5 Å². The first-order valence-corrected chi connectivity index (χ1v) is 4.08. The van der Waals surface area contributed by atoms with Gasteiger partial charge in [0, 0.05) is 17.2 Å². The fraction of sp³-hybridized carbons (Fsp3) is 0.125. The van der Waals surface area contributed by atoms with Gasteiger partial charge < -0.3 is 5.32 Å². The molecule has 0 amide bonds. The molecule has 0 aliphatic heterocycles. The van der Waals surface area contributed by atoms with Crippen molar-refractivity contribution in [3.05, 3.63) is 35.5 Å². The highest BCUT2D eigenvalue weighted by Gasteiger charge is 1.89. The summed E-state index contributed by atoms with van der Waals surface area (Å²) in [6, 6.07) is 3.85. The van der Waals surface area contributed by atoms with Gasteiger partial charge in [0.2, 0.25) is 0 Å². The van der Waals surface area contributed by atoms with E-state index in [0.717, 1.165) is 16.8 Å². The molecule has 0 bridgehead atoms. The molecule has 3 heteroatoms. The maximum atomic E-state index is 4.11. The average molecular weight is 213 g/mol. The highest BCUT2D eigenvalue weighted by Crippen LogP contribution is 2.09. The van der Waals surface area contributed by atoms with Crippen LogP contribution in [-0.2, 0) is 0 Å². The van der Waals surface area contributed by atoms with Crippen LogP contribution in [-0.4, -0.2) is 11.5 Å². The minimum absolute atomic E-state index is 0.745. The van der Waals surface area contributed by atoms with Crippen molar-refractivity contribution in [1.29, 1.82) is 0 Å². The van der Waals surface area contributed by atoms with E-state index in [4.69, 9.17) is 0 Å². The second-order valence-corrected chi connectivity index (χ2v) is 2.95. The minimum Gasteiger partial charge on any atom is -0.367 e. The quantitative estimate of drug-likeness (QED) is 0.780. The van der Waals surface area contributed by atoms with Gasteiger partial charge in [-0.15, -0.1) is 6.58 Å². The maximum Gasteiger partial charge on any atom is 0.126 e. The number of nitrogens with zero attached hydrogens (tertiary/aromatic N) is 1. The van der Waals surface area contributed by atoms with E-state index < -0.39 is 0 Å². The van der Waals surface area contributed by atoms with Gasteiger partial charge in [0.25, 0.3) is 0 Å². The fourth-order valence-corrected chi connectivity index (χ4v) is 0.892. The number of anilines is 1. The number of rotatable bonds is 3. The maximum absolute atomic E-state index is 4.11. The third-order valence-electron chi connectivity index (χ3n) is 1.15. The van der Waals surface area contributed by atoms with Gasteiger partial charge in [-0.05, 0) is 28.1 Å². The van der Waals surface area contributed by atoms with E-state index in [1.807, 2.05) is 12.1 Å². The molecular weight excluding hydrogens is 204 g/mol. The molecule has 1 rings (SSSR count). The van der Waals surface area contributed by atoms with Crippen molar-refractivity contribution < 1.29 is 0 Å². The Bertz CT molecular complexity index is 230. The molecular formula is C8H9BrN2. The summed E-state index contributed by atoms with van der Waals surface area (Å²) in [7, 11) is 0.